The second-order valence-corrected chi connectivity index (χ2v) is 6.62. The summed E-state index contributed by atoms with van der Waals surface area (Å²) in [6, 6.07) is 4.54. The Morgan fingerprint density at radius 1 is 1.55 bits per heavy atom. The Balaban J connectivity index is 1.49. The van der Waals surface area contributed by atoms with Crippen LogP contribution in [0.1, 0.15) is 17.7 Å². The molecule has 1 aliphatic rings. The van der Waals surface area contributed by atoms with Crippen molar-refractivity contribution in [1.29, 1.82) is 0 Å². The number of carbonyl (C=O) groups excluding carboxylic acids is 1. The van der Waals surface area contributed by atoms with E-state index in [1.807, 2.05) is 6.07 Å². The lowest BCUT2D eigenvalue weighted by atomic mass is 10.3. The molecule has 6 nitrogen and oxygen atoms in total. The highest BCUT2D eigenvalue weighted by molar-refractivity contribution is 7.99. The van der Waals surface area contributed by atoms with Gasteiger partial charge in [-0.15, -0.1) is 16.4 Å². The number of aromatic nitrogens is 4. The van der Waals surface area contributed by atoms with Gasteiger partial charge < -0.3 is 5.32 Å². The van der Waals surface area contributed by atoms with Gasteiger partial charge in [-0.2, -0.15) is 0 Å². The molecule has 1 fully saturated rings. The van der Waals surface area contributed by atoms with Gasteiger partial charge in [0.05, 0.1) is 12.3 Å². The summed E-state index contributed by atoms with van der Waals surface area (Å²) in [4.78, 5) is 12.9. The molecule has 1 aliphatic carbocycles. The molecule has 0 radical (unpaired) electrons. The average molecular weight is 309 g/mol. The summed E-state index contributed by atoms with van der Waals surface area (Å²) in [6.45, 7) is 0.736. The van der Waals surface area contributed by atoms with Gasteiger partial charge in [-0.1, -0.05) is 17.8 Å². The van der Waals surface area contributed by atoms with Crippen LogP contribution in [-0.4, -0.2) is 37.9 Å². The Morgan fingerprint density at radius 3 is 3.20 bits per heavy atom. The van der Waals surface area contributed by atoms with Crippen molar-refractivity contribution in [2.75, 3.05) is 5.75 Å². The highest BCUT2D eigenvalue weighted by Crippen LogP contribution is 2.20. The number of tetrazole rings is 1. The topological polar surface area (TPSA) is 72.7 Å². The molecular formula is C12H15N5OS2. The summed E-state index contributed by atoms with van der Waals surface area (Å²) < 4.78 is 1.76. The number of aryl methyl sites for hydroxylation is 2. The van der Waals surface area contributed by atoms with Crippen molar-refractivity contribution in [3.63, 3.8) is 0 Å². The number of thioether (sulfide) groups is 1. The molecule has 0 bridgehead atoms. The van der Waals surface area contributed by atoms with Crippen molar-refractivity contribution in [2.45, 2.75) is 37.0 Å². The van der Waals surface area contributed by atoms with E-state index in [0.717, 1.165) is 25.8 Å². The van der Waals surface area contributed by atoms with Gasteiger partial charge in [-0.05, 0) is 34.7 Å². The van der Waals surface area contributed by atoms with Crippen molar-refractivity contribution in [3.05, 3.63) is 22.4 Å². The third kappa shape index (κ3) is 3.80. The molecule has 0 unspecified atom stereocenters. The molecule has 1 amide bonds. The minimum atomic E-state index is 0.0605. The van der Waals surface area contributed by atoms with Crippen LogP contribution in [-0.2, 0) is 17.8 Å². The predicted molar refractivity (Wildman–Crippen MR) is 77.7 cm³/mol. The van der Waals surface area contributed by atoms with Crippen molar-refractivity contribution >= 4 is 29.0 Å². The van der Waals surface area contributed by atoms with E-state index in [1.165, 1.54) is 16.6 Å². The van der Waals surface area contributed by atoms with Gasteiger partial charge in [-0.3, -0.25) is 4.79 Å². The standard InChI is InChI=1S/C12H15N5OS2/c18-11(13-9-3-4-9)8-20-12-14-15-16-17(12)6-5-10-2-1-7-19-10/h1-2,7,9H,3-6,8H2,(H,13,18). The van der Waals surface area contributed by atoms with Crippen LogP contribution in [0.4, 0.5) is 0 Å². The highest BCUT2D eigenvalue weighted by atomic mass is 32.2. The molecule has 8 heteroatoms. The maximum atomic E-state index is 11.6. The fraction of sp³-hybridized carbons (Fsp3) is 0.500. The third-order valence-corrected chi connectivity index (χ3v) is 4.82. The van der Waals surface area contributed by atoms with Gasteiger partial charge in [0, 0.05) is 17.3 Å². The number of hydrogen-bond acceptors (Lipinski definition) is 6. The largest absolute Gasteiger partial charge is 0.353 e. The number of nitrogens with one attached hydrogen (secondary N) is 1. The van der Waals surface area contributed by atoms with E-state index in [4.69, 9.17) is 0 Å². The first-order valence-corrected chi connectivity index (χ1v) is 8.38. The first kappa shape index (κ1) is 13.6. The number of amides is 1. The predicted octanol–water partition coefficient (Wildman–Crippen LogP) is 1.35. The molecular weight excluding hydrogens is 294 g/mol. The number of rotatable bonds is 7. The summed E-state index contributed by atoms with van der Waals surface area (Å²) in [5.41, 5.74) is 0. The molecule has 106 valence electrons. The van der Waals surface area contributed by atoms with Crippen LogP contribution in [0.3, 0.4) is 0 Å². The monoisotopic (exact) mass is 309 g/mol. The van der Waals surface area contributed by atoms with Crippen LogP contribution in [0.5, 0.6) is 0 Å². The number of carbonyl (C=O) groups is 1. The van der Waals surface area contributed by atoms with Crippen LogP contribution in [0.2, 0.25) is 0 Å². The van der Waals surface area contributed by atoms with Crippen LogP contribution >= 0.6 is 23.1 Å². The van der Waals surface area contributed by atoms with Gasteiger partial charge in [0.2, 0.25) is 11.1 Å². The van der Waals surface area contributed by atoms with E-state index >= 15 is 0 Å². The Labute approximate surface area is 124 Å². The Morgan fingerprint density at radius 2 is 2.45 bits per heavy atom. The van der Waals surface area contributed by atoms with Crippen molar-refractivity contribution in [3.8, 4) is 0 Å². The molecule has 3 rings (SSSR count). The van der Waals surface area contributed by atoms with Crippen molar-refractivity contribution < 1.29 is 4.79 Å². The molecule has 20 heavy (non-hydrogen) atoms. The average Bonchev–Trinajstić information content (AvgIpc) is 2.95. The first-order valence-electron chi connectivity index (χ1n) is 6.52. The second-order valence-electron chi connectivity index (χ2n) is 4.64. The fourth-order valence-corrected chi connectivity index (χ4v) is 3.15. The molecule has 0 saturated heterocycles. The normalized spacial score (nSPS) is 14.4. The zero-order valence-corrected chi connectivity index (χ0v) is 12.5. The lowest BCUT2D eigenvalue weighted by Crippen LogP contribution is -2.27. The number of hydrogen-bond donors (Lipinski definition) is 1. The molecule has 1 N–H and O–H groups in total. The number of thiophene rings is 1. The minimum absolute atomic E-state index is 0.0605. The first-order chi connectivity index (χ1) is 9.81. The second kappa shape index (κ2) is 6.36. The van der Waals surface area contributed by atoms with Crippen molar-refractivity contribution in [2.24, 2.45) is 0 Å². The molecule has 0 atom stereocenters. The van der Waals surface area contributed by atoms with E-state index in [1.54, 1.807) is 16.0 Å². The van der Waals surface area contributed by atoms with E-state index in [0.29, 0.717) is 17.0 Å². The quantitative estimate of drug-likeness (QED) is 0.782. The van der Waals surface area contributed by atoms with Gasteiger partial charge in [0.15, 0.2) is 0 Å². The SMILES string of the molecule is O=C(CSc1nnnn1CCc1cccs1)NC1CC1. The summed E-state index contributed by atoms with van der Waals surface area (Å²) >= 11 is 3.12. The molecule has 1 saturated carbocycles. The van der Waals surface area contributed by atoms with Crippen LogP contribution < -0.4 is 5.32 Å². The van der Waals surface area contributed by atoms with Gasteiger partial charge >= 0.3 is 0 Å². The summed E-state index contributed by atoms with van der Waals surface area (Å²) in [5, 5.41) is 17.4. The van der Waals surface area contributed by atoms with Gasteiger partial charge in [-0.25, -0.2) is 4.68 Å². The van der Waals surface area contributed by atoms with E-state index < -0.39 is 0 Å². The Hall–Kier alpha value is -1.41. The molecule has 2 aromatic rings. The third-order valence-electron chi connectivity index (χ3n) is 2.92. The Bertz CT molecular complexity index is 564. The van der Waals surface area contributed by atoms with Crippen molar-refractivity contribution in [1.82, 2.24) is 25.5 Å². The summed E-state index contributed by atoms with van der Waals surface area (Å²) in [5.74, 6) is 0.431. The minimum Gasteiger partial charge on any atom is -0.353 e. The van der Waals surface area contributed by atoms with E-state index in [-0.39, 0.29) is 5.91 Å². The zero-order valence-electron chi connectivity index (χ0n) is 10.9. The number of nitrogens with zero attached hydrogens (tertiary/aromatic N) is 4. The van der Waals surface area contributed by atoms with E-state index in [2.05, 4.69) is 32.3 Å². The summed E-state index contributed by atoms with van der Waals surface area (Å²) in [6.07, 6.45) is 3.12. The Kier molecular flexibility index (Phi) is 4.31. The maximum absolute atomic E-state index is 11.6. The van der Waals surface area contributed by atoms with E-state index in [9.17, 15) is 4.79 Å². The zero-order chi connectivity index (χ0) is 13.8. The smallest absolute Gasteiger partial charge is 0.230 e. The molecule has 0 aliphatic heterocycles. The molecule has 2 aromatic heterocycles. The lowest BCUT2D eigenvalue weighted by molar-refractivity contribution is -0.118. The molecule has 0 aromatic carbocycles. The maximum Gasteiger partial charge on any atom is 0.230 e. The van der Waals surface area contributed by atoms with Crippen LogP contribution in [0.25, 0.3) is 0 Å². The molecule has 0 spiro atoms. The van der Waals surface area contributed by atoms with Gasteiger partial charge in [0.1, 0.15) is 0 Å². The highest BCUT2D eigenvalue weighted by Gasteiger charge is 2.23. The van der Waals surface area contributed by atoms with Gasteiger partial charge in [0.25, 0.3) is 0 Å². The van der Waals surface area contributed by atoms with Crippen LogP contribution in [0.15, 0.2) is 22.7 Å². The van der Waals surface area contributed by atoms with Crippen LogP contribution in [0, 0.1) is 0 Å². The molecule has 2 heterocycles. The summed E-state index contributed by atoms with van der Waals surface area (Å²) in [7, 11) is 0. The lowest BCUT2D eigenvalue weighted by Gasteiger charge is -2.04. The fourth-order valence-electron chi connectivity index (χ4n) is 1.74.